The van der Waals surface area contributed by atoms with Gasteiger partial charge >= 0.3 is 0 Å². The van der Waals surface area contributed by atoms with Crippen molar-refractivity contribution in [1.82, 2.24) is 20.1 Å². The predicted molar refractivity (Wildman–Crippen MR) is 125 cm³/mol. The number of amides is 2. The lowest BCUT2D eigenvalue weighted by Gasteiger charge is -2.12. The van der Waals surface area contributed by atoms with Crippen molar-refractivity contribution in [3.63, 3.8) is 0 Å². The highest BCUT2D eigenvalue weighted by molar-refractivity contribution is 6.30. The Labute approximate surface area is 190 Å². The summed E-state index contributed by atoms with van der Waals surface area (Å²) in [4.78, 5) is 29.5. The summed E-state index contributed by atoms with van der Waals surface area (Å²) in [6.07, 6.45) is 0. The van der Waals surface area contributed by atoms with E-state index in [9.17, 15) is 9.59 Å². The van der Waals surface area contributed by atoms with Crippen molar-refractivity contribution in [1.29, 1.82) is 0 Å². The van der Waals surface area contributed by atoms with E-state index < -0.39 is 0 Å². The average molecular weight is 448 g/mol. The normalized spacial score (nSPS) is 10.9. The van der Waals surface area contributed by atoms with Gasteiger partial charge < -0.3 is 10.6 Å². The van der Waals surface area contributed by atoms with E-state index in [-0.39, 0.29) is 18.4 Å². The zero-order valence-corrected chi connectivity index (χ0v) is 18.7. The van der Waals surface area contributed by atoms with Crippen LogP contribution in [0.4, 0.5) is 5.82 Å². The molecule has 2 aromatic heterocycles. The van der Waals surface area contributed by atoms with Crippen molar-refractivity contribution in [2.75, 3.05) is 11.9 Å². The molecule has 0 aliphatic rings. The first-order valence-corrected chi connectivity index (χ1v) is 10.5. The lowest BCUT2D eigenvalue weighted by molar-refractivity contribution is -0.115. The molecule has 0 atom stereocenters. The van der Waals surface area contributed by atoms with Crippen molar-refractivity contribution in [2.24, 2.45) is 0 Å². The van der Waals surface area contributed by atoms with Crippen molar-refractivity contribution in [3.8, 4) is 5.82 Å². The third-order valence-electron chi connectivity index (χ3n) is 5.07. The van der Waals surface area contributed by atoms with Gasteiger partial charge in [0.1, 0.15) is 5.82 Å². The van der Waals surface area contributed by atoms with Gasteiger partial charge in [0.2, 0.25) is 5.91 Å². The average Bonchev–Trinajstić information content (AvgIpc) is 3.13. The summed E-state index contributed by atoms with van der Waals surface area (Å²) in [5, 5.41) is 11.5. The summed E-state index contributed by atoms with van der Waals surface area (Å²) >= 11 is 5.84. The Morgan fingerprint density at radius 1 is 1.00 bits per heavy atom. The number of hydrogen-bond donors (Lipinski definition) is 2. The molecule has 0 aliphatic heterocycles. The highest BCUT2D eigenvalue weighted by Gasteiger charge is 2.15. The van der Waals surface area contributed by atoms with Gasteiger partial charge in [-0.1, -0.05) is 29.8 Å². The van der Waals surface area contributed by atoms with Gasteiger partial charge in [0.25, 0.3) is 5.91 Å². The second-order valence-electron chi connectivity index (χ2n) is 7.59. The molecular formula is C24H22ClN5O2. The van der Waals surface area contributed by atoms with E-state index >= 15 is 0 Å². The van der Waals surface area contributed by atoms with Crippen LogP contribution >= 0.6 is 11.6 Å². The molecule has 0 spiro atoms. The molecule has 162 valence electrons. The largest absolute Gasteiger partial charge is 0.343 e. The third-order valence-corrected chi connectivity index (χ3v) is 5.32. The molecule has 0 radical (unpaired) electrons. The lowest BCUT2D eigenvalue weighted by Crippen LogP contribution is -2.33. The van der Waals surface area contributed by atoms with Crippen molar-refractivity contribution < 1.29 is 9.59 Å². The summed E-state index contributed by atoms with van der Waals surface area (Å²) in [5.41, 5.74) is 4.17. The number of anilines is 1. The molecule has 0 saturated heterocycles. The number of halogens is 1. The molecule has 0 aliphatic carbocycles. The monoisotopic (exact) mass is 447 g/mol. The Morgan fingerprint density at radius 2 is 1.75 bits per heavy atom. The van der Waals surface area contributed by atoms with Gasteiger partial charge in [-0.05, 0) is 62.2 Å². The smallest absolute Gasteiger partial charge is 0.251 e. The van der Waals surface area contributed by atoms with Crippen molar-refractivity contribution in [3.05, 3.63) is 82.0 Å². The fourth-order valence-corrected chi connectivity index (χ4v) is 3.59. The maximum absolute atomic E-state index is 12.5. The number of aryl methyl sites for hydroxylation is 3. The van der Waals surface area contributed by atoms with E-state index in [0.717, 1.165) is 27.7 Å². The molecule has 2 amide bonds. The quantitative estimate of drug-likeness (QED) is 0.475. The van der Waals surface area contributed by atoms with E-state index in [1.165, 1.54) is 0 Å². The number of fused-ring (bicyclic) bond motifs is 1. The number of carbonyl (C=O) groups excluding carboxylic acids is 2. The second-order valence-corrected chi connectivity index (χ2v) is 8.03. The number of aromatic nitrogens is 3. The molecule has 32 heavy (non-hydrogen) atoms. The number of nitrogens with one attached hydrogen (secondary N) is 2. The molecule has 0 bridgehead atoms. The first-order valence-electron chi connectivity index (χ1n) is 10.1. The minimum Gasteiger partial charge on any atom is -0.343 e. The van der Waals surface area contributed by atoms with Crippen LogP contribution in [-0.2, 0) is 4.79 Å². The number of rotatable bonds is 5. The molecule has 7 nitrogen and oxygen atoms in total. The Morgan fingerprint density at radius 3 is 2.50 bits per heavy atom. The van der Waals surface area contributed by atoms with Crippen LogP contribution in [0, 0.1) is 20.8 Å². The van der Waals surface area contributed by atoms with Crippen LogP contribution in [0.5, 0.6) is 0 Å². The number of carbonyl (C=O) groups is 2. The standard InChI is InChI=1S/C24H22ClN5O2/c1-14-5-4-6-19-15(2)11-20(28-23(14)19)30-21(12-16(3)29-30)27-22(31)13-26-24(32)17-7-9-18(25)10-8-17/h4-12H,13H2,1-3H3,(H,26,32)(H,27,31). The number of pyridine rings is 1. The van der Waals surface area contributed by atoms with Crippen LogP contribution in [0.3, 0.4) is 0 Å². The molecule has 0 fully saturated rings. The highest BCUT2D eigenvalue weighted by atomic mass is 35.5. The van der Waals surface area contributed by atoms with Crippen LogP contribution in [0.25, 0.3) is 16.7 Å². The van der Waals surface area contributed by atoms with Crippen LogP contribution in [0.1, 0.15) is 27.2 Å². The van der Waals surface area contributed by atoms with Gasteiger partial charge in [-0.25, -0.2) is 4.98 Å². The molecule has 8 heteroatoms. The molecule has 4 aromatic rings. The van der Waals surface area contributed by atoms with Crippen LogP contribution in [0.15, 0.2) is 54.6 Å². The van der Waals surface area contributed by atoms with E-state index in [4.69, 9.17) is 16.6 Å². The van der Waals surface area contributed by atoms with Crippen molar-refractivity contribution in [2.45, 2.75) is 20.8 Å². The maximum Gasteiger partial charge on any atom is 0.251 e. The van der Waals surface area contributed by atoms with Crippen LogP contribution in [0.2, 0.25) is 5.02 Å². The minimum absolute atomic E-state index is 0.186. The van der Waals surface area contributed by atoms with E-state index in [2.05, 4.69) is 15.7 Å². The second kappa shape index (κ2) is 8.80. The first kappa shape index (κ1) is 21.5. The zero-order valence-electron chi connectivity index (χ0n) is 17.9. The molecule has 2 aromatic carbocycles. The molecular weight excluding hydrogens is 426 g/mol. The summed E-state index contributed by atoms with van der Waals surface area (Å²) < 4.78 is 1.60. The fourth-order valence-electron chi connectivity index (χ4n) is 3.47. The Kier molecular flexibility index (Phi) is 5.92. The number of hydrogen-bond acceptors (Lipinski definition) is 4. The van der Waals surface area contributed by atoms with E-state index in [1.807, 2.05) is 45.0 Å². The molecule has 2 heterocycles. The lowest BCUT2D eigenvalue weighted by atomic mass is 10.1. The summed E-state index contributed by atoms with van der Waals surface area (Å²) in [5.74, 6) is 0.358. The Hall–Kier alpha value is -3.71. The molecule has 4 rings (SSSR count). The van der Waals surface area contributed by atoms with Gasteiger partial charge in [-0.3, -0.25) is 9.59 Å². The fraction of sp³-hybridized carbons (Fsp3) is 0.167. The summed E-state index contributed by atoms with van der Waals surface area (Å²) in [7, 11) is 0. The zero-order chi connectivity index (χ0) is 22.8. The van der Waals surface area contributed by atoms with E-state index in [1.54, 1.807) is 35.0 Å². The van der Waals surface area contributed by atoms with Gasteiger partial charge in [-0.2, -0.15) is 9.78 Å². The highest BCUT2D eigenvalue weighted by Crippen LogP contribution is 2.24. The van der Waals surface area contributed by atoms with Crippen LogP contribution in [-0.4, -0.2) is 33.1 Å². The molecule has 0 unspecified atom stereocenters. The van der Waals surface area contributed by atoms with Gasteiger partial charge in [0.05, 0.1) is 17.8 Å². The van der Waals surface area contributed by atoms with E-state index in [0.29, 0.717) is 22.2 Å². The first-order chi connectivity index (χ1) is 15.3. The number of para-hydroxylation sites is 1. The predicted octanol–water partition coefficient (Wildman–Crippen LogP) is 4.37. The summed E-state index contributed by atoms with van der Waals surface area (Å²) in [6, 6.07) is 16.2. The molecule has 2 N–H and O–H groups in total. The minimum atomic E-state index is -0.373. The van der Waals surface area contributed by atoms with Gasteiger partial charge in [-0.15, -0.1) is 0 Å². The maximum atomic E-state index is 12.5. The van der Waals surface area contributed by atoms with Crippen LogP contribution < -0.4 is 10.6 Å². The molecule has 0 saturated carbocycles. The number of benzene rings is 2. The Bertz CT molecular complexity index is 1330. The summed E-state index contributed by atoms with van der Waals surface area (Å²) in [6.45, 7) is 5.69. The Balaban J connectivity index is 1.53. The van der Waals surface area contributed by atoms with Gasteiger partial charge in [0.15, 0.2) is 5.82 Å². The number of nitrogens with zero attached hydrogens (tertiary/aromatic N) is 3. The van der Waals surface area contributed by atoms with Gasteiger partial charge in [0, 0.05) is 22.0 Å². The SMILES string of the molecule is Cc1cc(NC(=O)CNC(=O)c2ccc(Cl)cc2)n(-c2cc(C)c3cccc(C)c3n2)n1. The third kappa shape index (κ3) is 4.48. The van der Waals surface area contributed by atoms with Crippen molar-refractivity contribution >= 4 is 40.1 Å². The topological polar surface area (TPSA) is 88.9 Å².